The molecule has 0 saturated carbocycles. The topological polar surface area (TPSA) is 25.8 Å². The summed E-state index contributed by atoms with van der Waals surface area (Å²) in [5, 5.41) is 0. The van der Waals surface area contributed by atoms with E-state index in [4.69, 9.17) is 11.6 Å². The van der Waals surface area contributed by atoms with Gasteiger partial charge in [-0.2, -0.15) is 0 Å². The second-order valence-corrected chi connectivity index (χ2v) is 2.00. The molecule has 10 heavy (non-hydrogen) atoms. The average Bonchev–Trinajstić information content (AvgIpc) is 1.88. The molecular weight excluding hydrogens is 171 g/mol. The van der Waals surface area contributed by atoms with Gasteiger partial charge in [-0.1, -0.05) is 0 Å². The molecule has 56 valence electrons. The summed E-state index contributed by atoms with van der Waals surface area (Å²) in [5.41, 5.74) is 0.879. The fourth-order valence-electron chi connectivity index (χ4n) is 0.580. The van der Waals surface area contributed by atoms with Crippen molar-refractivity contribution in [1.29, 1.82) is 0 Å². The largest absolute Gasteiger partial charge is 0.242 e. The Bertz CT molecular complexity index is 203. The van der Waals surface area contributed by atoms with E-state index in [0.717, 1.165) is 11.5 Å². The van der Waals surface area contributed by atoms with E-state index in [0.29, 0.717) is 5.88 Å². The van der Waals surface area contributed by atoms with Gasteiger partial charge < -0.3 is 0 Å². The van der Waals surface area contributed by atoms with E-state index in [1.165, 1.54) is 0 Å². The van der Waals surface area contributed by atoms with Crippen LogP contribution in [0.1, 0.15) is 11.5 Å². The lowest BCUT2D eigenvalue weighted by atomic mass is 10.4. The third-order valence-electron chi connectivity index (χ3n) is 0.971. The summed E-state index contributed by atoms with van der Waals surface area (Å²) >= 11 is 5.51. The Labute approximate surface area is 71.1 Å². The summed E-state index contributed by atoms with van der Waals surface area (Å²) in [4.78, 5) is 7.97. The van der Waals surface area contributed by atoms with Gasteiger partial charge >= 0.3 is 0 Å². The first-order valence-corrected chi connectivity index (χ1v) is 3.21. The van der Waals surface area contributed by atoms with Gasteiger partial charge in [0.05, 0.1) is 11.6 Å². The van der Waals surface area contributed by atoms with Crippen LogP contribution in [0.25, 0.3) is 0 Å². The van der Waals surface area contributed by atoms with Crippen LogP contribution in [-0.4, -0.2) is 9.97 Å². The van der Waals surface area contributed by atoms with Gasteiger partial charge in [-0.15, -0.1) is 24.0 Å². The number of halogens is 2. The highest BCUT2D eigenvalue weighted by Crippen LogP contribution is 1.97. The fraction of sp³-hybridized carbons (Fsp3) is 0.333. The maximum Gasteiger partial charge on any atom is 0.125 e. The molecule has 2 nitrogen and oxygen atoms in total. The van der Waals surface area contributed by atoms with Crippen molar-refractivity contribution in [1.82, 2.24) is 9.97 Å². The van der Waals surface area contributed by atoms with Crippen LogP contribution >= 0.6 is 24.0 Å². The molecule has 1 aromatic heterocycles. The molecule has 0 bridgehead atoms. The van der Waals surface area contributed by atoms with E-state index in [9.17, 15) is 0 Å². The van der Waals surface area contributed by atoms with Crippen molar-refractivity contribution < 1.29 is 0 Å². The molecule has 0 aromatic carbocycles. The summed E-state index contributed by atoms with van der Waals surface area (Å²) < 4.78 is 0. The van der Waals surface area contributed by atoms with E-state index in [1.807, 2.05) is 6.92 Å². The quantitative estimate of drug-likeness (QED) is 0.615. The van der Waals surface area contributed by atoms with Crippen molar-refractivity contribution in [2.24, 2.45) is 0 Å². The molecule has 1 rings (SSSR count). The van der Waals surface area contributed by atoms with Gasteiger partial charge in [0.1, 0.15) is 5.82 Å². The maximum atomic E-state index is 5.51. The minimum absolute atomic E-state index is 0. The zero-order valence-corrected chi connectivity index (χ0v) is 7.11. The smallest absolute Gasteiger partial charge is 0.125 e. The van der Waals surface area contributed by atoms with Crippen LogP contribution in [0.5, 0.6) is 0 Å². The van der Waals surface area contributed by atoms with Gasteiger partial charge in [0, 0.05) is 6.20 Å². The molecule has 0 radical (unpaired) electrons. The Morgan fingerprint density at radius 3 is 2.70 bits per heavy atom. The molecule has 4 heteroatoms. The van der Waals surface area contributed by atoms with Crippen LogP contribution in [0.3, 0.4) is 0 Å². The Morgan fingerprint density at radius 2 is 2.30 bits per heavy atom. The van der Waals surface area contributed by atoms with Crippen molar-refractivity contribution in [2.45, 2.75) is 12.8 Å². The van der Waals surface area contributed by atoms with Crippen LogP contribution in [0.15, 0.2) is 12.3 Å². The standard InChI is InChI=1S/C6H7ClN2.ClH/c1-5-8-3-2-6(4-7)9-5;/h2-3H,4H2,1H3;1H. The van der Waals surface area contributed by atoms with Crippen LogP contribution in [0.2, 0.25) is 0 Å². The second-order valence-electron chi connectivity index (χ2n) is 1.73. The number of aromatic nitrogens is 2. The minimum atomic E-state index is 0. The molecule has 0 aliphatic rings. The molecule has 1 heterocycles. The third kappa shape index (κ3) is 2.50. The van der Waals surface area contributed by atoms with Gasteiger partial charge in [-0.3, -0.25) is 0 Å². The SMILES string of the molecule is Cc1nccc(CCl)n1.Cl. The normalized spacial score (nSPS) is 8.60. The van der Waals surface area contributed by atoms with Crippen LogP contribution in [0.4, 0.5) is 0 Å². The Morgan fingerprint density at radius 1 is 1.60 bits per heavy atom. The highest BCUT2D eigenvalue weighted by molar-refractivity contribution is 6.16. The molecular formula is C6H8Cl2N2. The first-order chi connectivity index (χ1) is 4.33. The minimum Gasteiger partial charge on any atom is -0.242 e. The van der Waals surface area contributed by atoms with E-state index >= 15 is 0 Å². The molecule has 0 saturated heterocycles. The number of aryl methyl sites for hydroxylation is 1. The number of hydrogen-bond donors (Lipinski definition) is 0. The molecule has 0 amide bonds. The predicted octanol–water partition coefficient (Wildman–Crippen LogP) is 1.95. The Kier molecular flexibility index (Phi) is 4.32. The summed E-state index contributed by atoms with van der Waals surface area (Å²) in [6.07, 6.45) is 1.71. The Balaban J connectivity index is 0.000000810. The van der Waals surface area contributed by atoms with Crippen molar-refractivity contribution in [3.8, 4) is 0 Å². The van der Waals surface area contributed by atoms with Gasteiger partial charge in [0.2, 0.25) is 0 Å². The van der Waals surface area contributed by atoms with E-state index in [-0.39, 0.29) is 12.4 Å². The van der Waals surface area contributed by atoms with Crippen LogP contribution in [-0.2, 0) is 5.88 Å². The lowest BCUT2D eigenvalue weighted by Gasteiger charge is -1.92. The van der Waals surface area contributed by atoms with Crippen molar-refractivity contribution >= 4 is 24.0 Å². The van der Waals surface area contributed by atoms with E-state index in [1.54, 1.807) is 12.3 Å². The van der Waals surface area contributed by atoms with Crippen molar-refractivity contribution in [3.05, 3.63) is 23.8 Å². The summed E-state index contributed by atoms with van der Waals surface area (Å²) in [6, 6.07) is 1.81. The van der Waals surface area contributed by atoms with E-state index in [2.05, 4.69) is 9.97 Å². The highest BCUT2D eigenvalue weighted by atomic mass is 35.5. The van der Waals surface area contributed by atoms with Gasteiger partial charge in [0.25, 0.3) is 0 Å². The number of hydrogen-bond acceptors (Lipinski definition) is 2. The maximum absolute atomic E-state index is 5.51. The summed E-state index contributed by atoms with van der Waals surface area (Å²) in [6.45, 7) is 1.84. The number of alkyl halides is 1. The number of rotatable bonds is 1. The lowest BCUT2D eigenvalue weighted by Crippen LogP contribution is -1.89. The van der Waals surface area contributed by atoms with E-state index < -0.39 is 0 Å². The van der Waals surface area contributed by atoms with Crippen LogP contribution in [0, 0.1) is 6.92 Å². The van der Waals surface area contributed by atoms with Crippen LogP contribution < -0.4 is 0 Å². The molecule has 0 spiro atoms. The van der Waals surface area contributed by atoms with Crippen molar-refractivity contribution in [2.75, 3.05) is 0 Å². The molecule has 0 atom stereocenters. The zero-order chi connectivity index (χ0) is 6.69. The van der Waals surface area contributed by atoms with Gasteiger partial charge in [0.15, 0.2) is 0 Å². The molecule has 1 aromatic rings. The first kappa shape index (κ1) is 9.66. The van der Waals surface area contributed by atoms with Gasteiger partial charge in [-0.25, -0.2) is 9.97 Å². The molecule has 0 fully saturated rings. The number of nitrogens with zero attached hydrogens (tertiary/aromatic N) is 2. The second kappa shape index (κ2) is 4.47. The molecule has 0 aliphatic heterocycles. The fourth-order valence-corrected chi connectivity index (χ4v) is 0.728. The third-order valence-corrected chi connectivity index (χ3v) is 1.24. The monoisotopic (exact) mass is 178 g/mol. The zero-order valence-electron chi connectivity index (χ0n) is 5.54. The highest BCUT2D eigenvalue weighted by Gasteiger charge is 1.89. The molecule has 0 unspecified atom stereocenters. The molecule has 0 N–H and O–H groups in total. The first-order valence-electron chi connectivity index (χ1n) is 2.67. The predicted molar refractivity (Wildman–Crippen MR) is 43.6 cm³/mol. The summed E-state index contributed by atoms with van der Waals surface area (Å²) in [7, 11) is 0. The summed E-state index contributed by atoms with van der Waals surface area (Å²) in [5.74, 6) is 1.23. The Hall–Kier alpha value is -0.340. The lowest BCUT2D eigenvalue weighted by molar-refractivity contribution is 1.00. The molecule has 0 aliphatic carbocycles. The average molecular weight is 179 g/mol. The van der Waals surface area contributed by atoms with Gasteiger partial charge in [-0.05, 0) is 13.0 Å². The van der Waals surface area contributed by atoms with Crippen molar-refractivity contribution in [3.63, 3.8) is 0 Å².